The average molecular weight is 276 g/mol. The summed E-state index contributed by atoms with van der Waals surface area (Å²) in [4.78, 5) is 24.2. The number of ketones is 1. The van der Waals surface area contributed by atoms with Crippen LogP contribution >= 0.6 is 11.8 Å². The van der Waals surface area contributed by atoms with Gasteiger partial charge in [-0.1, -0.05) is 18.2 Å². The van der Waals surface area contributed by atoms with Gasteiger partial charge in [-0.3, -0.25) is 9.59 Å². The Kier molecular flexibility index (Phi) is 4.10. The van der Waals surface area contributed by atoms with E-state index in [0.717, 1.165) is 4.90 Å². The quantitative estimate of drug-likeness (QED) is 0.796. The van der Waals surface area contributed by atoms with Crippen LogP contribution in [0.1, 0.15) is 20.3 Å². The first-order valence-electron chi connectivity index (χ1n) is 6.13. The minimum Gasteiger partial charge on any atom is -0.458 e. The van der Waals surface area contributed by atoms with Gasteiger partial charge in [0.25, 0.3) is 0 Å². The molecule has 0 radical (unpaired) electrons. The van der Waals surface area contributed by atoms with Crippen LogP contribution in [0.5, 0.6) is 0 Å². The predicted molar refractivity (Wildman–Crippen MR) is 75.0 cm³/mol. The second-order valence-electron chi connectivity index (χ2n) is 4.72. The largest absolute Gasteiger partial charge is 0.458 e. The lowest BCUT2D eigenvalue weighted by molar-refractivity contribution is -0.145. The van der Waals surface area contributed by atoms with Crippen molar-refractivity contribution in [3.63, 3.8) is 0 Å². The van der Waals surface area contributed by atoms with E-state index in [2.05, 4.69) is 0 Å². The van der Waals surface area contributed by atoms with Crippen LogP contribution in [0, 0.1) is 0 Å². The fourth-order valence-corrected chi connectivity index (χ4v) is 3.29. The van der Waals surface area contributed by atoms with Gasteiger partial charge in [0.15, 0.2) is 5.78 Å². The Balaban J connectivity index is 2.15. The van der Waals surface area contributed by atoms with Crippen LogP contribution in [0.15, 0.2) is 47.4 Å². The molecule has 3 nitrogen and oxygen atoms in total. The predicted octanol–water partition coefficient (Wildman–Crippen LogP) is 3.00. The molecule has 1 unspecified atom stereocenters. The molecule has 2 rings (SSSR count). The summed E-state index contributed by atoms with van der Waals surface area (Å²) >= 11 is 1.51. The number of carbonyl (C=O) groups is 2. The van der Waals surface area contributed by atoms with Gasteiger partial charge in [0.1, 0.15) is 6.10 Å². The monoisotopic (exact) mass is 276 g/mol. The Labute approximate surface area is 117 Å². The zero-order chi connectivity index (χ0) is 13.9. The van der Waals surface area contributed by atoms with Crippen molar-refractivity contribution in [1.82, 2.24) is 0 Å². The van der Waals surface area contributed by atoms with Crippen molar-refractivity contribution in [3.8, 4) is 0 Å². The summed E-state index contributed by atoms with van der Waals surface area (Å²) < 4.78 is 4.59. The summed E-state index contributed by atoms with van der Waals surface area (Å²) in [6.07, 6.45) is 3.36. The molecule has 1 aromatic carbocycles. The average Bonchev–Trinajstić information content (AvgIpc) is 2.34. The van der Waals surface area contributed by atoms with Gasteiger partial charge in [-0.2, -0.15) is 0 Å². The number of hydrogen-bond donors (Lipinski definition) is 0. The maximum atomic E-state index is 12.1. The highest BCUT2D eigenvalue weighted by molar-refractivity contribution is 8.01. The van der Waals surface area contributed by atoms with Gasteiger partial charge in [0.05, 0.1) is 4.75 Å². The summed E-state index contributed by atoms with van der Waals surface area (Å²) in [6, 6.07) is 9.78. The second-order valence-corrected chi connectivity index (χ2v) is 6.30. The first-order valence-corrected chi connectivity index (χ1v) is 6.95. The number of hydrogen-bond acceptors (Lipinski definition) is 4. The molecule has 1 aliphatic carbocycles. The molecule has 19 heavy (non-hydrogen) atoms. The smallest absolute Gasteiger partial charge is 0.303 e. The van der Waals surface area contributed by atoms with E-state index >= 15 is 0 Å². The molecule has 0 amide bonds. The first-order chi connectivity index (χ1) is 8.99. The maximum Gasteiger partial charge on any atom is 0.303 e. The van der Waals surface area contributed by atoms with Gasteiger partial charge in [0.2, 0.25) is 0 Å². The van der Waals surface area contributed by atoms with Crippen LogP contribution < -0.4 is 0 Å². The van der Waals surface area contributed by atoms with Gasteiger partial charge in [-0.05, 0) is 31.2 Å². The van der Waals surface area contributed by atoms with Crippen molar-refractivity contribution in [2.45, 2.75) is 36.0 Å². The van der Waals surface area contributed by atoms with Gasteiger partial charge < -0.3 is 4.74 Å². The maximum absolute atomic E-state index is 12.1. The lowest BCUT2D eigenvalue weighted by Gasteiger charge is -2.32. The van der Waals surface area contributed by atoms with Crippen LogP contribution in [0.25, 0.3) is 0 Å². The Bertz CT molecular complexity index is 509. The van der Waals surface area contributed by atoms with E-state index in [1.807, 2.05) is 37.3 Å². The molecule has 0 heterocycles. The summed E-state index contributed by atoms with van der Waals surface area (Å²) in [5.41, 5.74) is 0. The van der Waals surface area contributed by atoms with E-state index < -0.39 is 4.75 Å². The lowest BCUT2D eigenvalue weighted by Crippen LogP contribution is -2.38. The molecular weight excluding hydrogens is 260 g/mol. The Hall–Kier alpha value is -1.55. The van der Waals surface area contributed by atoms with Crippen molar-refractivity contribution < 1.29 is 14.3 Å². The molecule has 0 saturated carbocycles. The van der Waals surface area contributed by atoms with Crippen LogP contribution in [-0.4, -0.2) is 22.6 Å². The number of ether oxygens (including phenoxy) is 1. The van der Waals surface area contributed by atoms with E-state index in [1.165, 1.54) is 24.8 Å². The van der Waals surface area contributed by atoms with Gasteiger partial charge in [-0.15, -0.1) is 11.8 Å². The fraction of sp³-hybridized carbons (Fsp3) is 0.333. The number of thioether (sulfide) groups is 1. The van der Waals surface area contributed by atoms with Crippen LogP contribution in [-0.2, 0) is 14.3 Å². The third kappa shape index (κ3) is 3.47. The molecule has 0 aliphatic heterocycles. The minimum absolute atomic E-state index is 0.0600. The zero-order valence-corrected chi connectivity index (χ0v) is 11.8. The molecule has 1 aliphatic rings. The first kappa shape index (κ1) is 13.9. The van der Waals surface area contributed by atoms with Crippen molar-refractivity contribution in [2.24, 2.45) is 0 Å². The minimum atomic E-state index is -0.587. The summed E-state index contributed by atoms with van der Waals surface area (Å²) in [7, 11) is 0. The molecule has 2 atom stereocenters. The van der Waals surface area contributed by atoms with Crippen molar-refractivity contribution >= 4 is 23.5 Å². The standard InChI is InChI=1S/C15H16O3S/c1-11(16)18-12-8-9-14(17)15(2,10-12)19-13-6-4-3-5-7-13/h3-9,12H,10H2,1-2H3/t12-,15?/m1/s1. The van der Waals surface area contributed by atoms with Gasteiger partial charge >= 0.3 is 5.97 Å². The van der Waals surface area contributed by atoms with E-state index in [4.69, 9.17) is 4.74 Å². The topological polar surface area (TPSA) is 43.4 Å². The van der Waals surface area contributed by atoms with Crippen LogP contribution in [0.4, 0.5) is 0 Å². The second kappa shape index (κ2) is 5.61. The van der Waals surface area contributed by atoms with E-state index in [1.54, 1.807) is 6.08 Å². The van der Waals surface area contributed by atoms with Gasteiger partial charge in [0, 0.05) is 18.2 Å². The summed E-state index contributed by atoms with van der Waals surface area (Å²) in [6.45, 7) is 3.28. The number of allylic oxidation sites excluding steroid dienone is 1. The van der Waals surface area contributed by atoms with E-state index in [9.17, 15) is 9.59 Å². The SMILES string of the molecule is CC(=O)O[C@@H]1C=CC(=O)C(C)(Sc2ccccc2)C1. The van der Waals surface area contributed by atoms with E-state index in [0.29, 0.717) is 6.42 Å². The molecule has 0 N–H and O–H groups in total. The van der Waals surface area contributed by atoms with Crippen LogP contribution in [0.3, 0.4) is 0 Å². The highest BCUT2D eigenvalue weighted by Crippen LogP contribution is 2.40. The third-order valence-electron chi connectivity index (χ3n) is 2.98. The number of benzene rings is 1. The molecule has 1 aromatic rings. The molecular formula is C15H16O3S. The number of rotatable bonds is 3. The summed E-state index contributed by atoms with van der Waals surface area (Å²) in [5, 5.41) is 0. The third-order valence-corrected chi connectivity index (χ3v) is 4.30. The van der Waals surface area contributed by atoms with E-state index in [-0.39, 0.29) is 17.9 Å². The molecule has 0 saturated heterocycles. The Morgan fingerprint density at radius 2 is 2.05 bits per heavy atom. The Morgan fingerprint density at radius 1 is 1.37 bits per heavy atom. The zero-order valence-electron chi connectivity index (χ0n) is 11.0. The van der Waals surface area contributed by atoms with Crippen molar-refractivity contribution in [3.05, 3.63) is 42.5 Å². The normalized spacial score (nSPS) is 26.2. The molecule has 4 heteroatoms. The molecule has 0 aromatic heterocycles. The molecule has 100 valence electrons. The lowest BCUT2D eigenvalue weighted by atomic mass is 9.92. The highest BCUT2D eigenvalue weighted by atomic mass is 32.2. The summed E-state index contributed by atoms with van der Waals surface area (Å²) in [5.74, 6) is -0.263. The number of carbonyl (C=O) groups excluding carboxylic acids is 2. The molecule has 0 fully saturated rings. The van der Waals surface area contributed by atoms with Crippen LogP contribution in [0.2, 0.25) is 0 Å². The Morgan fingerprint density at radius 3 is 2.68 bits per heavy atom. The molecule has 0 bridgehead atoms. The molecule has 0 spiro atoms. The van der Waals surface area contributed by atoms with Crippen molar-refractivity contribution in [2.75, 3.05) is 0 Å². The number of esters is 1. The van der Waals surface area contributed by atoms with Gasteiger partial charge in [-0.25, -0.2) is 0 Å². The van der Waals surface area contributed by atoms with Crippen molar-refractivity contribution in [1.29, 1.82) is 0 Å². The highest BCUT2D eigenvalue weighted by Gasteiger charge is 2.38. The fourth-order valence-electron chi connectivity index (χ4n) is 2.06.